The van der Waals surface area contributed by atoms with E-state index in [1.54, 1.807) is 13.8 Å². The number of rotatable bonds is 8. The fourth-order valence-electron chi connectivity index (χ4n) is 3.66. The molecule has 1 aliphatic carbocycles. The number of benzene rings is 1. The molecule has 1 aromatic heterocycles. The van der Waals surface area contributed by atoms with Gasteiger partial charge in [-0.25, -0.2) is 0 Å². The predicted octanol–water partition coefficient (Wildman–Crippen LogP) is 4.35. The Kier molecular flexibility index (Phi) is 7.90. The maximum atomic E-state index is 12.5. The summed E-state index contributed by atoms with van der Waals surface area (Å²) in [7, 11) is 0. The van der Waals surface area contributed by atoms with E-state index >= 15 is 0 Å². The van der Waals surface area contributed by atoms with Gasteiger partial charge in [-0.15, -0.1) is 10.2 Å². The summed E-state index contributed by atoms with van der Waals surface area (Å²) in [5, 5.41) is 8.24. The van der Waals surface area contributed by atoms with E-state index in [1.165, 1.54) is 12.0 Å². The number of hydrogen-bond donors (Lipinski definition) is 0. The third-order valence-electron chi connectivity index (χ3n) is 5.14. The molecule has 8 heteroatoms. The van der Waals surface area contributed by atoms with Gasteiger partial charge in [-0.3, -0.25) is 14.2 Å². The van der Waals surface area contributed by atoms with Crippen LogP contribution in [0, 0.1) is 6.92 Å². The zero-order chi connectivity index (χ0) is 21.5. The first-order valence-electron chi connectivity index (χ1n) is 10.6. The highest BCUT2D eigenvalue weighted by molar-refractivity contribution is 8.01. The summed E-state index contributed by atoms with van der Waals surface area (Å²) in [4.78, 5) is 24.9. The minimum absolute atomic E-state index is 0.194. The lowest BCUT2D eigenvalue weighted by atomic mass is 9.95. The third-order valence-corrected chi connectivity index (χ3v) is 6.25. The largest absolute Gasteiger partial charge is 0.465 e. The summed E-state index contributed by atoms with van der Waals surface area (Å²) < 4.78 is 12.3. The van der Waals surface area contributed by atoms with Crippen molar-refractivity contribution in [2.45, 2.75) is 69.3 Å². The fraction of sp³-hybridized carbons (Fsp3) is 0.545. The van der Waals surface area contributed by atoms with Gasteiger partial charge in [0.1, 0.15) is 0 Å². The molecular formula is C22H29N3O4S. The molecule has 7 nitrogen and oxygen atoms in total. The smallest absolute Gasteiger partial charge is 0.331 e. The van der Waals surface area contributed by atoms with Crippen molar-refractivity contribution in [2.75, 3.05) is 13.2 Å². The minimum Gasteiger partial charge on any atom is -0.465 e. The molecule has 2 aromatic rings. The first kappa shape index (κ1) is 22.3. The van der Waals surface area contributed by atoms with E-state index in [4.69, 9.17) is 9.47 Å². The topological polar surface area (TPSA) is 83.3 Å². The number of thioether (sulfide) groups is 1. The Balaban J connectivity index is 1.98. The molecule has 3 rings (SSSR count). The molecule has 0 unspecified atom stereocenters. The lowest BCUT2D eigenvalue weighted by Gasteiger charge is -2.26. The number of nitrogens with zero attached hydrogens (tertiary/aromatic N) is 3. The van der Waals surface area contributed by atoms with E-state index in [-0.39, 0.29) is 19.3 Å². The molecule has 30 heavy (non-hydrogen) atoms. The van der Waals surface area contributed by atoms with Crippen molar-refractivity contribution < 1.29 is 19.1 Å². The Labute approximate surface area is 181 Å². The van der Waals surface area contributed by atoms with Crippen LogP contribution in [0.1, 0.15) is 57.6 Å². The van der Waals surface area contributed by atoms with Crippen molar-refractivity contribution in [1.82, 2.24) is 14.8 Å². The standard InChI is InChI=1S/C22H29N3O4S/c1-4-28-20(26)18(21(27)29-5-2)30-22-24-23-19(16-13-11-15(3)12-14-16)25(22)17-9-7-6-8-10-17/h11-14,17-18H,4-10H2,1-3H3. The van der Waals surface area contributed by atoms with E-state index in [1.807, 2.05) is 31.2 Å². The zero-order valence-electron chi connectivity index (χ0n) is 17.8. The molecule has 1 aliphatic rings. The molecule has 1 aromatic carbocycles. The van der Waals surface area contributed by atoms with Crippen LogP contribution in [0.25, 0.3) is 11.4 Å². The van der Waals surface area contributed by atoms with Crippen LogP contribution in [0.5, 0.6) is 0 Å². The van der Waals surface area contributed by atoms with Crippen molar-refractivity contribution >= 4 is 23.7 Å². The number of ether oxygens (including phenoxy) is 2. The van der Waals surface area contributed by atoms with Crippen LogP contribution >= 0.6 is 11.8 Å². The second kappa shape index (κ2) is 10.6. The second-order valence-electron chi connectivity index (χ2n) is 7.34. The summed E-state index contributed by atoms with van der Waals surface area (Å²) in [6, 6.07) is 8.38. The summed E-state index contributed by atoms with van der Waals surface area (Å²) in [5.41, 5.74) is 2.14. The van der Waals surface area contributed by atoms with Gasteiger partial charge < -0.3 is 9.47 Å². The number of carbonyl (C=O) groups excluding carboxylic acids is 2. The Morgan fingerprint density at radius 3 is 2.20 bits per heavy atom. The van der Waals surface area contributed by atoms with Crippen LogP contribution in [0.2, 0.25) is 0 Å². The molecule has 0 bridgehead atoms. The van der Waals surface area contributed by atoms with Crippen LogP contribution in [-0.2, 0) is 19.1 Å². The molecule has 0 N–H and O–H groups in total. The van der Waals surface area contributed by atoms with Gasteiger partial charge in [0.05, 0.1) is 13.2 Å². The van der Waals surface area contributed by atoms with Crippen LogP contribution in [0.3, 0.4) is 0 Å². The number of aromatic nitrogens is 3. The quantitative estimate of drug-likeness (QED) is 0.349. The van der Waals surface area contributed by atoms with Gasteiger partial charge in [0, 0.05) is 11.6 Å². The average molecular weight is 432 g/mol. The molecule has 1 heterocycles. The van der Waals surface area contributed by atoms with Crippen molar-refractivity contribution in [3.05, 3.63) is 29.8 Å². The van der Waals surface area contributed by atoms with Gasteiger partial charge in [0.15, 0.2) is 11.0 Å². The first-order valence-corrected chi connectivity index (χ1v) is 11.4. The number of hydrogen-bond acceptors (Lipinski definition) is 7. The second-order valence-corrected chi connectivity index (χ2v) is 8.41. The van der Waals surface area contributed by atoms with E-state index in [9.17, 15) is 9.59 Å². The number of esters is 2. The third kappa shape index (κ3) is 5.22. The Hall–Kier alpha value is -2.35. The van der Waals surface area contributed by atoms with Crippen molar-refractivity contribution in [3.63, 3.8) is 0 Å². The van der Waals surface area contributed by atoms with Gasteiger partial charge in [0.25, 0.3) is 0 Å². The maximum Gasteiger partial charge on any atom is 0.331 e. The van der Waals surface area contributed by atoms with Gasteiger partial charge >= 0.3 is 11.9 Å². The zero-order valence-corrected chi connectivity index (χ0v) is 18.6. The first-order chi connectivity index (χ1) is 14.5. The highest BCUT2D eigenvalue weighted by Crippen LogP contribution is 2.37. The van der Waals surface area contributed by atoms with Crippen molar-refractivity contribution in [2.24, 2.45) is 0 Å². The molecular weight excluding hydrogens is 402 g/mol. The molecule has 0 saturated heterocycles. The van der Waals surface area contributed by atoms with Gasteiger partial charge in [-0.1, -0.05) is 60.9 Å². The highest BCUT2D eigenvalue weighted by Gasteiger charge is 2.34. The van der Waals surface area contributed by atoms with Gasteiger partial charge in [-0.2, -0.15) is 0 Å². The Morgan fingerprint density at radius 2 is 1.63 bits per heavy atom. The van der Waals surface area contributed by atoms with Crippen LogP contribution < -0.4 is 0 Å². The SMILES string of the molecule is CCOC(=O)C(Sc1nnc(-c2ccc(C)cc2)n1C1CCCCC1)C(=O)OCC. The van der Waals surface area contributed by atoms with Crippen molar-refractivity contribution in [1.29, 1.82) is 0 Å². The summed E-state index contributed by atoms with van der Waals surface area (Å²) in [6.07, 6.45) is 5.54. The predicted molar refractivity (Wildman–Crippen MR) is 115 cm³/mol. The van der Waals surface area contributed by atoms with E-state index in [2.05, 4.69) is 14.8 Å². The van der Waals surface area contributed by atoms with Gasteiger partial charge in [-0.05, 0) is 33.6 Å². The van der Waals surface area contributed by atoms with Gasteiger partial charge in [0.2, 0.25) is 5.25 Å². The van der Waals surface area contributed by atoms with E-state index < -0.39 is 17.2 Å². The number of carbonyl (C=O) groups is 2. The van der Waals surface area contributed by atoms with Crippen LogP contribution in [0.15, 0.2) is 29.4 Å². The minimum atomic E-state index is -1.12. The molecule has 0 aliphatic heterocycles. The molecule has 1 fully saturated rings. The summed E-state index contributed by atoms with van der Waals surface area (Å²) in [6.45, 7) is 5.86. The molecule has 0 radical (unpaired) electrons. The Bertz CT molecular complexity index is 842. The lowest BCUT2D eigenvalue weighted by Crippen LogP contribution is -2.31. The monoisotopic (exact) mass is 431 g/mol. The maximum absolute atomic E-state index is 12.5. The van der Waals surface area contributed by atoms with Crippen LogP contribution in [0.4, 0.5) is 0 Å². The Morgan fingerprint density at radius 1 is 1.03 bits per heavy atom. The highest BCUT2D eigenvalue weighted by atomic mass is 32.2. The molecule has 0 spiro atoms. The van der Waals surface area contributed by atoms with Crippen molar-refractivity contribution in [3.8, 4) is 11.4 Å². The molecule has 162 valence electrons. The molecule has 0 amide bonds. The fourth-order valence-corrected chi connectivity index (χ4v) is 4.64. The van der Waals surface area contributed by atoms with Crippen LogP contribution in [-0.4, -0.2) is 45.2 Å². The number of aryl methyl sites for hydroxylation is 1. The van der Waals surface area contributed by atoms with E-state index in [0.717, 1.165) is 48.8 Å². The van der Waals surface area contributed by atoms with E-state index in [0.29, 0.717) is 5.16 Å². The molecule has 1 saturated carbocycles. The average Bonchev–Trinajstić information content (AvgIpc) is 3.17. The molecule has 0 atom stereocenters. The summed E-state index contributed by atoms with van der Waals surface area (Å²) >= 11 is 1.06. The lowest BCUT2D eigenvalue weighted by molar-refractivity contribution is -0.152. The normalized spacial score (nSPS) is 14.7. The summed E-state index contributed by atoms with van der Waals surface area (Å²) in [5.74, 6) is -0.470.